The molecule has 2 rings (SSSR count). The average molecular weight is 235 g/mol. The molecule has 0 radical (unpaired) electrons. The molecule has 2 heterocycles. The molecule has 4 nitrogen and oxygen atoms in total. The molecule has 0 aliphatic heterocycles. The van der Waals surface area contributed by atoms with E-state index >= 15 is 0 Å². The second kappa shape index (κ2) is 4.40. The van der Waals surface area contributed by atoms with Crippen LogP contribution in [0.2, 0.25) is 0 Å². The van der Waals surface area contributed by atoms with Crippen molar-refractivity contribution in [2.75, 3.05) is 0 Å². The molecule has 5 heteroatoms. The van der Waals surface area contributed by atoms with E-state index in [-0.39, 0.29) is 18.6 Å². The number of nitrogens with zero attached hydrogens (tertiary/aromatic N) is 1. The van der Waals surface area contributed by atoms with Gasteiger partial charge in [-0.25, -0.2) is 0 Å². The number of hydrogen-bond acceptors (Lipinski definition) is 4. The van der Waals surface area contributed by atoms with E-state index in [1.54, 1.807) is 6.07 Å². The minimum Gasteiger partial charge on any atom is -0.481 e. The van der Waals surface area contributed by atoms with Gasteiger partial charge in [-0.1, -0.05) is 0 Å². The van der Waals surface area contributed by atoms with Crippen molar-refractivity contribution < 1.29 is 14.7 Å². The number of thiophene rings is 1. The van der Waals surface area contributed by atoms with Gasteiger partial charge in [-0.3, -0.25) is 14.6 Å². The van der Waals surface area contributed by atoms with Crippen LogP contribution in [0, 0.1) is 0 Å². The molecule has 0 aliphatic rings. The topological polar surface area (TPSA) is 67.3 Å². The maximum Gasteiger partial charge on any atom is 0.303 e. The Morgan fingerprint density at radius 2 is 2.19 bits per heavy atom. The number of fused-ring (bicyclic) bond motifs is 1. The van der Waals surface area contributed by atoms with E-state index in [9.17, 15) is 9.59 Å². The van der Waals surface area contributed by atoms with Crippen LogP contribution in [0.3, 0.4) is 0 Å². The van der Waals surface area contributed by atoms with Gasteiger partial charge in [-0.15, -0.1) is 11.3 Å². The summed E-state index contributed by atoms with van der Waals surface area (Å²) in [6.45, 7) is 0. The predicted molar refractivity (Wildman–Crippen MR) is 60.8 cm³/mol. The summed E-state index contributed by atoms with van der Waals surface area (Å²) in [6.07, 6.45) is 1.38. The van der Waals surface area contributed by atoms with Crippen molar-refractivity contribution >= 4 is 33.3 Å². The smallest absolute Gasteiger partial charge is 0.303 e. The van der Waals surface area contributed by atoms with Crippen molar-refractivity contribution in [1.29, 1.82) is 0 Å². The molecule has 1 N–H and O–H groups in total. The van der Waals surface area contributed by atoms with E-state index in [4.69, 9.17) is 5.11 Å². The molecule has 0 saturated heterocycles. The number of carbonyl (C=O) groups is 2. The van der Waals surface area contributed by atoms with Crippen molar-refractivity contribution in [2.24, 2.45) is 0 Å². The molecule has 2 aromatic rings. The molecule has 0 unspecified atom stereocenters. The largest absolute Gasteiger partial charge is 0.481 e. The van der Waals surface area contributed by atoms with E-state index < -0.39 is 5.97 Å². The SMILES string of the molecule is O=C(O)CCC(=O)c1cnc2ccsc2c1. The van der Waals surface area contributed by atoms with Crippen LogP contribution in [0.1, 0.15) is 23.2 Å². The lowest BCUT2D eigenvalue weighted by Gasteiger charge is -1.98. The van der Waals surface area contributed by atoms with E-state index in [0.717, 1.165) is 10.2 Å². The molecular formula is C11H9NO3S. The number of hydrogen-bond donors (Lipinski definition) is 1. The fourth-order valence-electron chi connectivity index (χ4n) is 1.36. The first-order chi connectivity index (χ1) is 7.66. The lowest BCUT2D eigenvalue weighted by molar-refractivity contribution is -0.136. The molecule has 82 valence electrons. The molecule has 0 saturated carbocycles. The highest BCUT2D eigenvalue weighted by Crippen LogP contribution is 2.20. The van der Waals surface area contributed by atoms with Crippen molar-refractivity contribution in [3.8, 4) is 0 Å². The zero-order valence-electron chi connectivity index (χ0n) is 8.34. The molecule has 0 bridgehead atoms. The molecular weight excluding hydrogens is 226 g/mol. The number of ketones is 1. The van der Waals surface area contributed by atoms with Crippen LogP contribution >= 0.6 is 11.3 Å². The van der Waals surface area contributed by atoms with Crippen molar-refractivity contribution in [3.63, 3.8) is 0 Å². The quantitative estimate of drug-likeness (QED) is 0.826. The highest BCUT2D eigenvalue weighted by molar-refractivity contribution is 7.17. The number of pyridine rings is 1. The van der Waals surface area contributed by atoms with Crippen LogP contribution < -0.4 is 0 Å². The molecule has 2 aromatic heterocycles. The summed E-state index contributed by atoms with van der Waals surface area (Å²) >= 11 is 1.51. The number of Topliss-reactive ketones (excluding diaryl/α,β-unsaturated/α-hetero) is 1. The fourth-order valence-corrected chi connectivity index (χ4v) is 2.14. The monoisotopic (exact) mass is 235 g/mol. The number of aliphatic carboxylic acids is 1. The van der Waals surface area contributed by atoms with Crippen LogP contribution in [0.5, 0.6) is 0 Å². The van der Waals surface area contributed by atoms with Gasteiger partial charge in [0.05, 0.1) is 16.6 Å². The molecule has 0 amide bonds. The third-order valence-electron chi connectivity index (χ3n) is 2.19. The first kappa shape index (κ1) is 10.8. The van der Waals surface area contributed by atoms with Gasteiger partial charge in [-0.2, -0.15) is 0 Å². The standard InChI is InChI=1S/C11H9NO3S/c13-9(1-2-11(14)15)7-5-10-8(12-6-7)3-4-16-10/h3-6H,1-2H2,(H,14,15). The Labute approximate surface area is 95.6 Å². The molecule has 0 atom stereocenters. The Morgan fingerprint density at radius 1 is 1.38 bits per heavy atom. The highest BCUT2D eigenvalue weighted by atomic mass is 32.1. The third kappa shape index (κ3) is 2.25. The number of aromatic nitrogens is 1. The minimum absolute atomic E-state index is 0.0217. The zero-order valence-corrected chi connectivity index (χ0v) is 9.16. The second-order valence-corrected chi connectivity index (χ2v) is 4.29. The Balaban J connectivity index is 2.19. The van der Waals surface area contributed by atoms with Crippen LogP contribution in [-0.4, -0.2) is 21.8 Å². The summed E-state index contributed by atoms with van der Waals surface area (Å²) in [4.78, 5) is 26.1. The van der Waals surface area contributed by atoms with Crippen LogP contribution in [-0.2, 0) is 4.79 Å². The molecule has 16 heavy (non-hydrogen) atoms. The lowest BCUT2D eigenvalue weighted by Crippen LogP contribution is -2.03. The highest BCUT2D eigenvalue weighted by Gasteiger charge is 2.09. The van der Waals surface area contributed by atoms with E-state index in [1.807, 2.05) is 11.4 Å². The van der Waals surface area contributed by atoms with Gasteiger partial charge in [0, 0.05) is 18.2 Å². The Hall–Kier alpha value is -1.75. The number of carbonyl (C=O) groups excluding carboxylic acids is 1. The number of rotatable bonds is 4. The third-order valence-corrected chi connectivity index (χ3v) is 3.04. The Kier molecular flexibility index (Phi) is 2.96. The van der Waals surface area contributed by atoms with E-state index in [0.29, 0.717) is 5.56 Å². The maximum atomic E-state index is 11.6. The van der Waals surface area contributed by atoms with Crippen LogP contribution in [0.15, 0.2) is 23.7 Å². The second-order valence-electron chi connectivity index (χ2n) is 3.34. The van der Waals surface area contributed by atoms with Crippen molar-refractivity contribution in [1.82, 2.24) is 4.98 Å². The first-order valence-electron chi connectivity index (χ1n) is 4.75. The van der Waals surface area contributed by atoms with Gasteiger partial charge in [0.2, 0.25) is 0 Å². The summed E-state index contributed by atoms with van der Waals surface area (Å²) in [5.74, 6) is -1.14. The van der Waals surface area contributed by atoms with Gasteiger partial charge in [0.25, 0.3) is 0 Å². The van der Waals surface area contributed by atoms with Crippen molar-refractivity contribution in [2.45, 2.75) is 12.8 Å². The summed E-state index contributed by atoms with van der Waals surface area (Å²) in [7, 11) is 0. The maximum absolute atomic E-state index is 11.6. The first-order valence-corrected chi connectivity index (χ1v) is 5.63. The Bertz CT molecular complexity index is 547. The molecule has 0 aliphatic carbocycles. The van der Waals surface area contributed by atoms with Gasteiger partial charge < -0.3 is 5.11 Å². The summed E-state index contributed by atoms with van der Waals surface area (Å²) < 4.78 is 0.946. The molecule has 0 spiro atoms. The van der Waals surface area contributed by atoms with Gasteiger partial charge in [-0.05, 0) is 17.5 Å². The Morgan fingerprint density at radius 3 is 2.94 bits per heavy atom. The normalized spacial score (nSPS) is 10.5. The zero-order chi connectivity index (χ0) is 11.5. The molecule has 0 fully saturated rings. The number of carboxylic acids is 1. The van der Waals surface area contributed by atoms with Crippen LogP contribution in [0.4, 0.5) is 0 Å². The van der Waals surface area contributed by atoms with E-state index in [1.165, 1.54) is 17.5 Å². The summed E-state index contributed by atoms with van der Waals surface area (Å²) in [5.41, 5.74) is 1.34. The van der Waals surface area contributed by atoms with Gasteiger partial charge in [0.1, 0.15) is 0 Å². The predicted octanol–water partition coefficient (Wildman–Crippen LogP) is 2.34. The fraction of sp³-hybridized carbons (Fsp3) is 0.182. The summed E-state index contributed by atoms with van der Waals surface area (Å²) in [5, 5.41) is 10.4. The molecule has 0 aromatic carbocycles. The summed E-state index contributed by atoms with van der Waals surface area (Å²) in [6, 6.07) is 3.64. The van der Waals surface area contributed by atoms with Crippen LogP contribution in [0.25, 0.3) is 10.2 Å². The average Bonchev–Trinajstić information content (AvgIpc) is 2.72. The number of carboxylic acid groups (broad SMARTS) is 1. The van der Waals surface area contributed by atoms with E-state index in [2.05, 4.69) is 4.98 Å². The minimum atomic E-state index is -0.960. The van der Waals surface area contributed by atoms with Gasteiger partial charge in [0.15, 0.2) is 5.78 Å². The van der Waals surface area contributed by atoms with Crippen molar-refractivity contribution in [3.05, 3.63) is 29.3 Å². The van der Waals surface area contributed by atoms with Gasteiger partial charge >= 0.3 is 5.97 Å². The lowest BCUT2D eigenvalue weighted by atomic mass is 10.1.